The molecule has 36 heavy (non-hydrogen) atoms. The lowest BCUT2D eigenvalue weighted by molar-refractivity contribution is -0.122. The minimum Gasteiger partial charge on any atom is -0.485 e. The Morgan fingerprint density at radius 2 is 1.89 bits per heavy atom. The minimum absolute atomic E-state index is 0.0190. The highest BCUT2D eigenvalue weighted by Crippen LogP contribution is 2.33. The molecule has 194 valence electrons. The summed E-state index contributed by atoms with van der Waals surface area (Å²) in [5, 5.41) is 2.92. The van der Waals surface area contributed by atoms with Gasteiger partial charge in [0.1, 0.15) is 11.5 Å². The summed E-state index contributed by atoms with van der Waals surface area (Å²) in [7, 11) is 0. The third-order valence-corrected chi connectivity index (χ3v) is 6.16. The Kier molecular flexibility index (Phi) is 9.51. The molecule has 0 spiro atoms. The van der Waals surface area contributed by atoms with E-state index in [0.29, 0.717) is 60.5 Å². The Bertz CT molecular complexity index is 1090. The maximum atomic E-state index is 12.9. The van der Waals surface area contributed by atoms with Crippen molar-refractivity contribution in [1.82, 2.24) is 5.32 Å². The number of Topliss-reactive ketones (excluding diaryl/α,β-unsaturated/α-hetero) is 1. The number of hydrogen-bond acceptors (Lipinski definition) is 5. The van der Waals surface area contributed by atoms with Gasteiger partial charge in [0.2, 0.25) is 5.91 Å². The van der Waals surface area contributed by atoms with Gasteiger partial charge in [0.25, 0.3) is 5.91 Å². The van der Waals surface area contributed by atoms with Crippen molar-refractivity contribution in [3.8, 4) is 11.5 Å². The van der Waals surface area contributed by atoms with Crippen LogP contribution in [0.3, 0.4) is 0 Å². The number of amides is 2. The molecule has 0 atom stereocenters. The summed E-state index contributed by atoms with van der Waals surface area (Å²) in [6, 6.07) is 11.1. The van der Waals surface area contributed by atoms with Crippen LogP contribution < -0.4 is 19.7 Å². The zero-order valence-corrected chi connectivity index (χ0v) is 22.1. The van der Waals surface area contributed by atoms with E-state index in [9.17, 15) is 14.4 Å². The molecule has 7 heteroatoms. The number of anilines is 1. The highest BCUT2D eigenvalue weighted by molar-refractivity contribution is 6.02. The first-order valence-electron chi connectivity index (χ1n) is 12.8. The van der Waals surface area contributed by atoms with Crippen LogP contribution in [0.2, 0.25) is 0 Å². The summed E-state index contributed by atoms with van der Waals surface area (Å²) in [6.45, 7) is 11.3. The van der Waals surface area contributed by atoms with E-state index in [4.69, 9.17) is 9.47 Å². The molecule has 2 aromatic carbocycles. The fourth-order valence-electron chi connectivity index (χ4n) is 4.03. The summed E-state index contributed by atoms with van der Waals surface area (Å²) in [4.78, 5) is 39.2. The summed E-state index contributed by atoms with van der Waals surface area (Å²) in [5.41, 5.74) is 3.23. The van der Waals surface area contributed by atoms with Crippen LogP contribution >= 0.6 is 0 Å². The molecule has 1 N–H and O–H groups in total. The summed E-state index contributed by atoms with van der Waals surface area (Å²) in [6.07, 6.45) is 1.79. The lowest BCUT2D eigenvalue weighted by Gasteiger charge is -2.29. The number of hydrogen-bond donors (Lipinski definition) is 1. The Labute approximate surface area is 214 Å². The summed E-state index contributed by atoms with van der Waals surface area (Å²) < 4.78 is 11.4. The third-order valence-electron chi connectivity index (χ3n) is 6.16. The number of ketones is 1. The molecule has 0 saturated heterocycles. The SMILES string of the molecule is Cc1cc(OCC(=O)c2ccc3c(c2)N(CCCC(=O)NCCC(C)C)C(=O)CO3)cc(C(C)C)c1. The van der Waals surface area contributed by atoms with Crippen molar-refractivity contribution in [2.24, 2.45) is 5.92 Å². The standard InChI is InChI=1S/C29H38N2O5/c1-19(2)10-11-30-28(33)7-6-12-31-25-16-22(8-9-27(25)36-18-29(31)34)26(32)17-35-24-14-21(5)13-23(15-24)20(3)4/h8-9,13-16,19-20H,6-7,10-12,17-18H2,1-5H3,(H,30,33). The van der Waals surface area contributed by atoms with E-state index >= 15 is 0 Å². The van der Waals surface area contributed by atoms with Crippen LogP contribution in [0.1, 0.15) is 74.4 Å². The van der Waals surface area contributed by atoms with Crippen molar-refractivity contribution >= 4 is 23.3 Å². The molecule has 2 aromatic rings. The first kappa shape index (κ1) is 27.2. The quantitative estimate of drug-likeness (QED) is 0.418. The van der Waals surface area contributed by atoms with E-state index in [0.717, 1.165) is 17.5 Å². The van der Waals surface area contributed by atoms with Crippen molar-refractivity contribution in [3.63, 3.8) is 0 Å². The molecule has 3 rings (SSSR count). The topological polar surface area (TPSA) is 84.9 Å². The second-order valence-corrected chi connectivity index (χ2v) is 10.1. The summed E-state index contributed by atoms with van der Waals surface area (Å²) in [5.74, 6) is 1.71. The molecule has 0 unspecified atom stereocenters. The van der Waals surface area contributed by atoms with Crippen molar-refractivity contribution in [2.45, 2.75) is 59.8 Å². The molecular formula is C29H38N2O5. The van der Waals surface area contributed by atoms with Gasteiger partial charge in [-0.25, -0.2) is 0 Å². The lowest BCUT2D eigenvalue weighted by Crippen LogP contribution is -2.40. The van der Waals surface area contributed by atoms with Gasteiger partial charge >= 0.3 is 0 Å². The molecule has 0 aliphatic carbocycles. The molecule has 0 saturated carbocycles. The highest BCUT2D eigenvalue weighted by Gasteiger charge is 2.26. The van der Waals surface area contributed by atoms with Gasteiger partial charge in [-0.05, 0) is 73.1 Å². The van der Waals surface area contributed by atoms with Gasteiger partial charge in [-0.2, -0.15) is 0 Å². The largest absolute Gasteiger partial charge is 0.485 e. The molecule has 0 aromatic heterocycles. The van der Waals surface area contributed by atoms with Crippen molar-refractivity contribution in [2.75, 3.05) is 31.2 Å². The van der Waals surface area contributed by atoms with Crippen LogP contribution in [0.25, 0.3) is 0 Å². The first-order chi connectivity index (χ1) is 17.1. The monoisotopic (exact) mass is 494 g/mol. The first-order valence-corrected chi connectivity index (χ1v) is 12.8. The molecule has 1 aliphatic rings. The van der Waals surface area contributed by atoms with Crippen LogP contribution in [-0.4, -0.2) is 43.9 Å². The second-order valence-electron chi connectivity index (χ2n) is 10.1. The van der Waals surface area contributed by atoms with Crippen LogP contribution in [0.4, 0.5) is 5.69 Å². The van der Waals surface area contributed by atoms with Gasteiger partial charge in [0.05, 0.1) is 5.69 Å². The minimum atomic E-state index is -0.190. The van der Waals surface area contributed by atoms with E-state index in [1.165, 1.54) is 0 Å². The van der Waals surface area contributed by atoms with Crippen LogP contribution in [-0.2, 0) is 9.59 Å². The normalized spacial score (nSPS) is 13.0. The van der Waals surface area contributed by atoms with E-state index in [2.05, 4.69) is 39.1 Å². The molecule has 1 aliphatic heterocycles. The molecule has 2 amide bonds. The van der Waals surface area contributed by atoms with Crippen molar-refractivity contribution in [1.29, 1.82) is 0 Å². The van der Waals surface area contributed by atoms with Crippen molar-refractivity contribution < 1.29 is 23.9 Å². The third kappa shape index (κ3) is 7.57. The molecule has 7 nitrogen and oxygen atoms in total. The maximum Gasteiger partial charge on any atom is 0.265 e. The van der Waals surface area contributed by atoms with E-state index in [1.54, 1.807) is 23.1 Å². The molecule has 0 bridgehead atoms. The predicted octanol–water partition coefficient (Wildman–Crippen LogP) is 5.05. The number of fused-ring (bicyclic) bond motifs is 1. The van der Waals surface area contributed by atoms with Crippen LogP contribution in [0.15, 0.2) is 36.4 Å². The fraction of sp³-hybridized carbons (Fsp3) is 0.483. The Morgan fingerprint density at radius 3 is 2.61 bits per heavy atom. The lowest BCUT2D eigenvalue weighted by atomic mass is 10.0. The highest BCUT2D eigenvalue weighted by atomic mass is 16.5. The predicted molar refractivity (Wildman–Crippen MR) is 141 cm³/mol. The maximum absolute atomic E-state index is 12.9. The van der Waals surface area contributed by atoms with E-state index in [1.807, 2.05) is 19.1 Å². The molecule has 0 radical (unpaired) electrons. The van der Waals surface area contributed by atoms with Gasteiger partial charge in [-0.3, -0.25) is 14.4 Å². The van der Waals surface area contributed by atoms with E-state index < -0.39 is 0 Å². The Balaban J connectivity index is 1.63. The van der Waals surface area contributed by atoms with Gasteiger partial charge < -0.3 is 19.7 Å². The van der Waals surface area contributed by atoms with Gasteiger partial charge in [0, 0.05) is 25.1 Å². The molecular weight excluding hydrogens is 456 g/mol. The average molecular weight is 495 g/mol. The summed E-state index contributed by atoms with van der Waals surface area (Å²) >= 11 is 0. The van der Waals surface area contributed by atoms with E-state index in [-0.39, 0.29) is 30.8 Å². The smallest absolute Gasteiger partial charge is 0.265 e. The number of carbonyl (C=O) groups excluding carboxylic acids is 3. The number of benzene rings is 2. The number of nitrogens with one attached hydrogen (secondary N) is 1. The zero-order valence-electron chi connectivity index (χ0n) is 22.1. The van der Waals surface area contributed by atoms with Crippen LogP contribution in [0.5, 0.6) is 11.5 Å². The van der Waals surface area contributed by atoms with Crippen molar-refractivity contribution in [3.05, 3.63) is 53.1 Å². The second kappa shape index (κ2) is 12.6. The molecule has 0 fully saturated rings. The number of rotatable bonds is 12. The average Bonchev–Trinajstić information content (AvgIpc) is 2.83. The van der Waals surface area contributed by atoms with Gasteiger partial charge in [-0.15, -0.1) is 0 Å². The number of nitrogens with zero attached hydrogens (tertiary/aromatic N) is 1. The fourth-order valence-corrected chi connectivity index (χ4v) is 4.03. The van der Waals surface area contributed by atoms with Gasteiger partial charge in [-0.1, -0.05) is 33.8 Å². The molecule has 1 heterocycles. The van der Waals surface area contributed by atoms with Gasteiger partial charge in [0.15, 0.2) is 19.0 Å². The number of carbonyl (C=O) groups is 3. The zero-order chi connectivity index (χ0) is 26.2. The Hall–Kier alpha value is -3.35. The van der Waals surface area contributed by atoms with Crippen LogP contribution in [0, 0.1) is 12.8 Å². The number of aryl methyl sites for hydroxylation is 1. The number of ether oxygens (including phenoxy) is 2. The Morgan fingerprint density at radius 1 is 1.11 bits per heavy atom.